The molecular formula is C19H17F5N6. The number of hydrogen-bond donors (Lipinski definition) is 1. The lowest BCUT2D eigenvalue weighted by atomic mass is 10.1. The lowest BCUT2D eigenvalue weighted by Gasteiger charge is -2.20. The number of halogens is 5. The van der Waals surface area contributed by atoms with Crippen molar-refractivity contribution in [1.82, 2.24) is 19.9 Å². The summed E-state index contributed by atoms with van der Waals surface area (Å²) < 4.78 is 65.1. The van der Waals surface area contributed by atoms with Gasteiger partial charge in [0.2, 0.25) is 5.82 Å². The zero-order chi connectivity index (χ0) is 21.5. The molecule has 0 saturated carbocycles. The fourth-order valence-electron chi connectivity index (χ4n) is 3.31. The highest BCUT2D eigenvalue weighted by atomic mass is 19.4. The number of hydrogen-bond acceptors (Lipinski definition) is 6. The van der Waals surface area contributed by atoms with Crippen LogP contribution in [-0.4, -0.2) is 38.9 Å². The molecule has 4 rings (SSSR count). The Morgan fingerprint density at radius 2 is 1.83 bits per heavy atom. The van der Waals surface area contributed by atoms with Crippen molar-refractivity contribution in [3.05, 3.63) is 48.3 Å². The van der Waals surface area contributed by atoms with Gasteiger partial charge in [0.05, 0.1) is 18.1 Å². The predicted octanol–water partition coefficient (Wildman–Crippen LogP) is 4.46. The largest absolute Gasteiger partial charge is 0.451 e. The van der Waals surface area contributed by atoms with Crippen molar-refractivity contribution in [3.8, 4) is 0 Å². The lowest BCUT2D eigenvalue weighted by molar-refractivity contribution is -0.145. The molecule has 1 aliphatic rings. The van der Waals surface area contributed by atoms with Gasteiger partial charge in [0.15, 0.2) is 0 Å². The second-order valence-corrected chi connectivity index (χ2v) is 7.16. The molecule has 0 bridgehead atoms. The Morgan fingerprint density at radius 3 is 2.47 bits per heavy atom. The molecule has 1 aliphatic heterocycles. The summed E-state index contributed by atoms with van der Waals surface area (Å²) in [6, 6.07) is 4.73. The SMILES string of the molecule is C[C@@H](Nc1ncnc2ccc(N3CCC(F)(F)C3)cc12)c1cnc(C(F)(F)F)nc1. The summed E-state index contributed by atoms with van der Waals surface area (Å²) in [4.78, 5) is 16.7. The maximum absolute atomic E-state index is 13.6. The van der Waals surface area contributed by atoms with E-state index in [-0.39, 0.29) is 19.5 Å². The van der Waals surface area contributed by atoms with Crippen molar-refractivity contribution in [1.29, 1.82) is 0 Å². The first-order valence-corrected chi connectivity index (χ1v) is 9.16. The number of nitrogens with one attached hydrogen (secondary N) is 1. The van der Waals surface area contributed by atoms with Gasteiger partial charge in [-0.05, 0) is 25.1 Å². The Labute approximate surface area is 168 Å². The van der Waals surface area contributed by atoms with Crippen molar-refractivity contribution in [2.45, 2.75) is 31.5 Å². The van der Waals surface area contributed by atoms with Crippen LogP contribution in [0.3, 0.4) is 0 Å². The zero-order valence-electron chi connectivity index (χ0n) is 15.8. The van der Waals surface area contributed by atoms with Crippen molar-refractivity contribution < 1.29 is 22.0 Å². The maximum atomic E-state index is 13.6. The molecule has 0 radical (unpaired) electrons. The van der Waals surface area contributed by atoms with Gasteiger partial charge in [-0.25, -0.2) is 28.7 Å². The minimum atomic E-state index is -4.61. The summed E-state index contributed by atoms with van der Waals surface area (Å²) in [5, 5.41) is 3.73. The molecule has 3 heterocycles. The third-order valence-corrected chi connectivity index (χ3v) is 4.93. The Balaban J connectivity index is 1.60. The van der Waals surface area contributed by atoms with Gasteiger partial charge >= 0.3 is 6.18 Å². The van der Waals surface area contributed by atoms with Crippen LogP contribution in [0.5, 0.6) is 0 Å². The fourth-order valence-corrected chi connectivity index (χ4v) is 3.31. The van der Waals surface area contributed by atoms with Gasteiger partial charge in [-0.3, -0.25) is 0 Å². The van der Waals surface area contributed by atoms with Crippen molar-refractivity contribution in [3.63, 3.8) is 0 Å². The quantitative estimate of drug-likeness (QED) is 0.624. The first-order valence-electron chi connectivity index (χ1n) is 9.16. The van der Waals surface area contributed by atoms with E-state index < -0.39 is 24.0 Å². The van der Waals surface area contributed by atoms with E-state index >= 15 is 0 Å². The predicted molar refractivity (Wildman–Crippen MR) is 100 cm³/mol. The topological polar surface area (TPSA) is 66.8 Å². The molecule has 0 aliphatic carbocycles. The summed E-state index contributed by atoms with van der Waals surface area (Å²) in [5.41, 5.74) is 1.67. The summed E-state index contributed by atoms with van der Waals surface area (Å²) in [6.07, 6.45) is -1.25. The van der Waals surface area contributed by atoms with Gasteiger partial charge in [0, 0.05) is 42.0 Å². The van der Waals surface area contributed by atoms with E-state index in [1.54, 1.807) is 30.0 Å². The molecule has 1 N–H and O–H groups in total. The Kier molecular flexibility index (Phi) is 4.91. The van der Waals surface area contributed by atoms with Gasteiger partial charge in [-0.15, -0.1) is 0 Å². The number of anilines is 2. The molecule has 0 amide bonds. The highest BCUT2D eigenvalue weighted by Gasteiger charge is 2.38. The molecule has 1 aromatic carbocycles. The second kappa shape index (κ2) is 7.29. The normalized spacial score (nSPS) is 17.3. The summed E-state index contributed by atoms with van der Waals surface area (Å²) in [7, 11) is 0. The molecule has 0 spiro atoms. The van der Waals surface area contributed by atoms with Crippen LogP contribution in [0.15, 0.2) is 36.9 Å². The van der Waals surface area contributed by atoms with Gasteiger partial charge in [-0.1, -0.05) is 0 Å². The first kappa shape index (κ1) is 20.2. The fraction of sp³-hybridized carbons (Fsp3) is 0.368. The summed E-state index contributed by atoms with van der Waals surface area (Å²) in [5.74, 6) is -3.50. The van der Waals surface area contributed by atoms with Crippen LogP contribution in [0.2, 0.25) is 0 Å². The Bertz CT molecular complexity index is 1050. The average Bonchev–Trinajstić information content (AvgIpc) is 3.07. The monoisotopic (exact) mass is 424 g/mol. The Hall–Kier alpha value is -3.11. The minimum absolute atomic E-state index is 0.202. The number of rotatable bonds is 4. The van der Waals surface area contributed by atoms with Crippen LogP contribution in [-0.2, 0) is 6.18 Å². The van der Waals surface area contributed by atoms with E-state index in [4.69, 9.17) is 0 Å². The number of aromatic nitrogens is 4. The third-order valence-electron chi connectivity index (χ3n) is 4.93. The van der Waals surface area contributed by atoms with E-state index in [1.165, 1.54) is 6.33 Å². The molecule has 2 aromatic heterocycles. The molecule has 158 valence electrons. The molecule has 1 atom stereocenters. The number of fused-ring (bicyclic) bond motifs is 1. The standard InChI is InChI=1S/C19H17F5N6/c1-11(12-7-25-17(26-8-12)19(22,23)24)29-16-14-6-13(2-3-15(14)27-10-28-16)30-5-4-18(20,21)9-30/h2-3,6-8,10-11H,4-5,9H2,1H3,(H,27,28,29)/t11-/m1/s1. The number of alkyl halides is 5. The molecule has 30 heavy (non-hydrogen) atoms. The van der Waals surface area contributed by atoms with Gasteiger partial charge in [0.1, 0.15) is 12.1 Å². The molecule has 3 aromatic rings. The van der Waals surface area contributed by atoms with Gasteiger partial charge in [0.25, 0.3) is 5.92 Å². The minimum Gasteiger partial charge on any atom is -0.365 e. The molecule has 0 unspecified atom stereocenters. The summed E-state index contributed by atoms with van der Waals surface area (Å²) >= 11 is 0. The van der Waals surface area contributed by atoms with E-state index in [9.17, 15) is 22.0 Å². The van der Waals surface area contributed by atoms with Crippen molar-refractivity contribution in [2.24, 2.45) is 0 Å². The smallest absolute Gasteiger partial charge is 0.365 e. The highest BCUT2D eigenvalue weighted by molar-refractivity contribution is 5.91. The molecule has 6 nitrogen and oxygen atoms in total. The highest BCUT2D eigenvalue weighted by Crippen LogP contribution is 2.34. The molecule has 1 fully saturated rings. The number of benzene rings is 1. The van der Waals surface area contributed by atoms with Crippen LogP contribution in [0.4, 0.5) is 33.5 Å². The van der Waals surface area contributed by atoms with Crippen LogP contribution in [0, 0.1) is 0 Å². The van der Waals surface area contributed by atoms with E-state index in [2.05, 4.69) is 25.3 Å². The first-order chi connectivity index (χ1) is 14.1. The zero-order valence-corrected chi connectivity index (χ0v) is 15.8. The molecule has 1 saturated heterocycles. The number of nitrogens with zero attached hydrogens (tertiary/aromatic N) is 5. The van der Waals surface area contributed by atoms with E-state index in [0.717, 1.165) is 12.4 Å². The van der Waals surface area contributed by atoms with Crippen molar-refractivity contribution >= 4 is 22.4 Å². The van der Waals surface area contributed by atoms with E-state index in [0.29, 0.717) is 28.0 Å². The van der Waals surface area contributed by atoms with Crippen LogP contribution < -0.4 is 10.2 Å². The van der Waals surface area contributed by atoms with Gasteiger partial charge < -0.3 is 10.2 Å². The second-order valence-electron chi connectivity index (χ2n) is 7.16. The molecular weight excluding hydrogens is 407 g/mol. The summed E-state index contributed by atoms with van der Waals surface area (Å²) in [6.45, 7) is 1.62. The van der Waals surface area contributed by atoms with Gasteiger partial charge in [-0.2, -0.15) is 13.2 Å². The van der Waals surface area contributed by atoms with Crippen LogP contribution in [0.1, 0.15) is 30.8 Å². The van der Waals surface area contributed by atoms with Crippen molar-refractivity contribution in [2.75, 3.05) is 23.3 Å². The average molecular weight is 424 g/mol. The third kappa shape index (κ3) is 4.10. The van der Waals surface area contributed by atoms with Crippen LogP contribution in [0.25, 0.3) is 10.9 Å². The lowest BCUT2D eigenvalue weighted by Crippen LogP contribution is -2.24. The maximum Gasteiger partial charge on any atom is 0.451 e. The molecule has 11 heteroatoms. The Morgan fingerprint density at radius 1 is 1.10 bits per heavy atom. The van der Waals surface area contributed by atoms with E-state index in [1.807, 2.05) is 0 Å². The van der Waals surface area contributed by atoms with Crippen LogP contribution >= 0.6 is 0 Å².